The number of hydrogen-bond acceptors (Lipinski definition) is 8. The zero-order valence-corrected chi connectivity index (χ0v) is 18.5. The molecule has 1 saturated heterocycles. The van der Waals surface area contributed by atoms with Gasteiger partial charge in [-0.1, -0.05) is 12.1 Å². The van der Waals surface area contributed by atoms with Gasteiger partial charge in [-0.15, -0.1) is 11.3 Å². The van der Waals surface area contributed by atoms with E-state index >= 15 is 0 Å². The van der Waals surface area contributed by atoms with Crippen molar-refractivity contribution in [2.45, 2.75) is 19.6 Å². The highest BCUT2D eigenvalue weighted by Crippen LogP contribution is 2.32. The van der Waals surface area contributed by atoms with Crippen LogP contribution >= 0.6 is 11.3 Å². The van der Waals surface area contributed by atoms with Crippen LogP contribution in [-0.2, 0) is 19.6 Å². The third-order valence-corrected chi connectivity index (χ3v) is 6.46. The highest BCUT2D eigenvalue weighted by Gasteiger charge is 2.20. The van der Waals surface area contributed by atoms with E-state index < -0.39 is 0 Å². The molecule has 9 heteroatoms. The molecule has 1 N–H and O–H groups in total. The average molecular weight is 452 g/mol. The molecule has 0 spiro atoms. The first-order valence-corrected chi connectivity index (χ1v) is 11.6. The molecular weight excluding hydrogens is 426 g/mol. The Bertz CT molecular complexity index is 1070. The van der Waals surface area contributed by atoms with Gasteiger partial charge in [0.2, 0.25) is 6.79 Å². The molecule has 166 valence electrons. The molecule has 1 aromatic carbocycles. The van der Waals surface area contributed by atoms with Crippen molar-refractivity contribution in [3.63, 3.8) is 0 Å². The van der Waals surface area contributed by atoms with Crippen LogP contribution in [0.4, 0.5) is 0 Å². The Morgan fingerprint density at radius 2 is 1.84 bits per heavy atom. The molecule has 32 heavy (non-hydrogen) atoms. The van der Waals surface area contributed by atoms with Crippen LogP contribution in [0.5, 0.6) is 11.5 Å². The molecule has 2 aliphatic heterocycles. The largest absolute Gasteiger partial charge is 0.454 e. The lowest BCUT2D eigenvalue weighted by molar-refractivity contribution is 0.0945. The molecule has 0 aliphatic carbocycles. The number of aromatic nitrogens is 2. The summed E-state index contributed by atoms with van der Waals surface area (Å²) in [5, 5.41) is 5.71. The van der Waals surface area contributed by atoms with E-state index in [4.69, 9.17) is 9.47 Å². The smallest absolute Gasteiger partial charge is 0.271 e. The number of hydrogen-bond donors (Lipinski definition) is 1. The van der Waals surface area contributed by atoms with Gasteiger partial charge in [0.1, 0.15) is 10.7 Å². The molecule has 0 radical (unpaired) electrons. The van der Waals surface area contributed by atoms with Crippen molar-refractivity contribution in [1.29, 1.82) is 0 Å². The minimum atomic E-state index is -0.148. The molecule has 1 amide bonds. The van der Waals surface area contributed by atoms with Crippen LogP contribution in [-0.4, -0.2) is 58.6 Å². The number of nitrogens with one attached hydrogen (secondary N) is 1. The third kappa shape index (κ3) is 5.07. The first-order valence-electron chi connectivity index (χ1n) is 10.7. The Morgan fingerprint density at radius 3 is 2.66 bits per heavy atom. The van der Waals surface area contributed by atoms with Crippen LogP contribution in [0.15, 0.2) is 48.1 Å². The molecule has 0 atom stereocenters. The van der Waals surface area contributed by atoms with Crippen molar-refractivity contribution in [3.05, 3.63) is 69.9 Å². The zero-order chi connectivity index (χ0) is 21.8. The summed E-state index contributed by atoms with van der Waals surface area (Å²) in [4.78, 5) is 25.8. The fourth-order valence-electron chi connectivity index (χ4n) is 3.86. The van der Waals surface area contributed by atoms with Crippen molar-refractivity contribution in [2.24, 2.45) is 0 Å². The number of carbonyl (C=O) groups excluding carboxylic acids is 1. The van der Waals surface area contributed by atoms with Crippen LogP contribution in [0, 0.1) is 0 Å². The number of carbonyl (C=O) groups is 1. The van der Waals surface area contributed by atoms with Crippen molar-refractivity contribution in [1.82, 2.24) is 25.1 Å². The second kappa shape index (κ2) is 9.64. The lowest BCUT2D eigenvalue weighted by Gasteiger charge is -2.34. The van der Waals surface area contributed by atoms with Gasteiger partial charge in [-0.05, 0) is 29.3 Å². The van der Waals surface area contributed by atoms with E-state index in [1.807, 2.05) is 23.6 Å². The second-order valence-corrected chi connectivity index (χ2v) is 8.85. The maximum absolute atomic E-state index is 12.4. The Balaban J connectivity index is 1.08. The van der Waals surface area contributed by atoms with Crippen LogP contribution in [0.25, 0.3) is 0 Å². The van der Waals surface area contributed by atoms with Gasteiger partial charge in [0.25, 0.3) is 5.91 Å². The van der Waals surface area contributed by atoms with Crippen molar-refractivity contribution < 1.29 is 14.3 Å². The van der Waals surface area contributed by atoms with E-state index in [2.05, 4.69) is 37.2 Å². The molecule has 8 nitrogen and oxygen atoms in total. The van der Waals surface area contributed by atoms with Gasteiger partial charge < -0.3 is 14.8 Å². The van der Waals surface area contributed by atoms with E-state index in [1.165, 1.54) is 5.56 Å². The van der Waals surface area contributed by atoms with E-state index in [0.29, 0.717) is 19.0 Å². The lowest BCUT2D eigenvalue weighted by atomic mass is 10.1. The van der Waals surface area contributed by atoms with Crippen molar-refractivity contribution in [2.75, 3.05) is 33.0 Å². The summed E-state index contributed by atoms with van der Waals surface area (Å²) in [6, 6.07) is 9.96. The predicted molar refractivity (Wildman–Crippen MR) is 121 cm³/mol. The van der Waals surface area contributed by atoms with Gasteiger partial charge in [-0.2, -0.15) is 0 Å². The first kappa shape index (κ1) is 20.9. The van der Waals surface area contributed by atoms with E-state index in [1.54, 1.807) is 23.7 Å². The Labute approximate surface area is 190 Å². The van der Waals surface area contributed by atoms with Gasteiger partial charge in [-0.3, -0.25) is 19.6 Å². The summed E-state index contributed by atoms with van der Waals surface area (Å²) in [7, 11) is 0. The van der Waals surface area contributed by atoms with E-state index in [9.17, 15) is 4.79 Å². The topological polar surface area (TPSA) is 79.8 Å². The maximum atomic E-state index is 12.4. The lowest BCUT2D eigenvalue weighted by Crippen LogP contribution is -2.45. The summed E-state index contributed by atoms with van der Waals surface area (Å²) < 4.78 is 10.9. The number of amides is 1. The fourth-order valence-corrected chi connectivity index (χ4v) is 4.67. The van der Waals surface area contributed by atoms with Crippen LogP contribution < -0.4 is 14.8 Å². The average Bonchev–Trinajstić information content (AvgIpc) is 3.49. The number of thiazole rings is 1. The number of fused-ring (bicyclic) bond motifs is 1. The van der Waals surface area contributed by atoms with Gasteiger partial charge in [-0.25, -0.2) is 4.98 Å². The predicted octanol–water partition coefficient (Wildman–Crippen LogP) is 2.51. The van der Waals surface area contributed by atoms with Gasteiger partial charge in [0.05, 0.1) is 6.54 Å². The van der Waals surface area contributed by atoms with Crippen molar-refractivity contribution in [3.8, 4) is 11.5 Å². The van der Waals surface area contributed by atoms with Gasteiger partial charge >= 0.3 is 0 Å². The monoisotopic (exact) mass is 451 g/mol. The maximum Gasteiger partial charge on any atom is 0.271 e. The second-order valence-electron chi connectivity index (χ2n) is 7.91. The zero-order valence-electron chi connectivity index (χ0n) is 17.7. The summed E-state index contributed by atoms with van der Waals surface area (Å²) in [5.74, 6) is 1.52. The van der Waals surface area contributed by atoms with Crippen LogP contribution in [0.3, 0.4) is 0 Å². The highest BCUT2D eigenvalue weighted by molar-refractivity contribution is 7.09. The number of nitrogens with zero attached hydrogens (tertiary/aromatic N) is 4. The normalized spacial score (nSPS) is 16.2. The molecule has 1 fully saturated rings. The number of ether oxygens (including phenoxy) is 2. The first-order chi connectivity index (χ1) is 15.7. The van der Waals surface area contributed by atoms with E-state index in [-0.39, 0.29) is 5.91 Å². The van der Waals surface area contributed by atoms with Gasteiger partial charge in [0, 0.05) is 57.0 Å². The third-order valence-electron chi connectivity index (χ3n) is 5.63. The molecule has 5 rings (SSSR count). The molecule has 0 unspecified atom stereocenters. The number of benzene rings is 1. The van der Waals surface area contributed by atoms with E-state index in [0.717, 1.165) is 61.3 Å². The highest BCUT2D eigenvalue weighted by atomic mass is 32.1. The Morgan fingerprint density at radius 1 is 1.03 bits per heavy atom. The van der Waals surface area contributed by atoms with Crippen LogP contribution in [0.2, 0.25) is 0 Å². The Kier molecular flexibility index (Phi) is 6.29. The minimum absolute atomic E-state index is 0.148. The number of pyridine rings is 1. The number of rotatable bonds is 7. The number of piperazine rings is 1. The SMILES string of the molecule is O=C(NCc1cccnc1)c1csc(CN2CCN(Cc3ccc4c(c3)OCO4)CC2)n1. The Hall–Kier alpha value is -3.01. The quantitative estimate of drug-likeness (QED) is 0.591. The molecule has 2 aromatic heterocycles. The summed E-state index contributed by atoms with van der Waals surface area (Å²) >= 11 is 1.54. The fraction of sp³-hybridized carbons (Fsp3) is 0.348. The molecule has 0 saturated carbocycles. The standard InChI is InChI=1S/C23H25N5O3S/c29-23(25-12-18-2-1-5-24-11-18)19-15-32-22(26-19)14-28-8-6-27(7-9-28)13-17-3-4-20-21(10-17)31-16-30-20/h1-5,10-11,15H,6-9,12-14,16H2,(H,25,29). The molecular formula is C23H25N5O3S. The minimum Gasteiger partial charge on any atom is -0.454 e. The molecule has 0 bridgehead atoms. The molecule has 3 aromatic rings. The van der Waals surface area contributed by atoms with Gasteiger partial charge in [0.15, 0.2) is 11.5 Å². The molecule has 4 heterocycles. The van der Waals surface area contributed by atoms with Crippen LogP contribution in [0.1, 0.15) is 26.6 Å². The molecule has 2 aliphatic rings. The summed E-state index contributed by atoms with van der Waals surface area (Å²) in [6.45, 7) is 6.39. The summed E-state index contributed by atoms with van der Waals surface area (Å²) in [5.41, 5.74) is 2.69. The summed E-state index contributed by atoms with van der Waals surface area (Å²) in [6.07, 6.45) is 3.47. The van der Waals surface area contributed by atoms with Crippen molar-refractivity contribution >= 4 is 17.2 Å².